The van der Waals surface area contributed by atoms with Crippen molar-refractivity contribution in [2.75, 3.05) is 61.2 Å². The van der Waals surface area contributed by atoms with Crippen LogP contribution in [0.5, 0.6) is 0 Å². The SMILES string of the molecule is C=CCOC.COC(=O)C(CC(=O)O)N1CC2(C)CN(C)CC(C(=O)OC)(C1)C2O.c1ccncc1.c1ccncc1. The molecule has 0 saturated carbocycles. The predicted molar refractivity (Wildman–Crippen MR) is 156 cm³/mol. The highest BCUT2D eigenvalue weighted by molar-refractivity contribution is 5.83. The van der Waals surface area contributed by atoms with Gasteiger partial charge in [0.25, 0.3) is 0 Å². The van der Waals surface area contributed by atoms with E-state index in [2.05, 4.69) is 21.3 Å². The van der Waals surface area contributed by atoms with Crippen LogP contribution in [0.1, 0.15) is 13.3 Å². The molecule has 2 N–H and O–H groups in total. The van der Waals surface area contributed by atoms with Crippen molar-refractivity contribution in [1.29, 1.82) is 0 Å². The summed E-state index contributed by atoms with van der Waals surface area (Å²) < 4.78 is 14.3. The second kappa shape index (κ2) is 18.7. The van der Waals surface area contributed by atoms with Crippen molar-refractivity contribution in [1.82, 2.24) is 19.8 Å². The lowest BCUT2D eigenvalue weighted by atomic mass is 9.61. The van der Waals surface area contributed by atoms with Crippen LogP contribution in [0.25, 0.3) is 0 Å². The lowest BCUT2D eigenvalue weighted by Gasteiger charge is -2.59. The minimum Gasteiger partial charge on any atom is -0.481 e. The van der Waals surface area contributed by atoms with Gasteiger partial charge in [0.05, 0.1) is 33.4 Å². The number of fused-ring (bicyclic) bond motifs is 2. The van der Waals surface area contributed by atoms with Gasteiger partial charge in [0.2, 0.25) is 0 Å². The van der Waals surface area contributed by atoms with E-state index in [0.717, 1.165) is 0 Å². The van der Waals surface area contributed by atoms with Gasteiger partial charge in [-0.05, 0) is 31.3 Å². The van der Waals surface area contributed by atoms with E-state index in [9.17, 15) is 19.5 Å². The van der Waals surface area contributed by atoms with Crippen molar-refractivity contribution in [2.24, 2.45) is 10.8 Å². The molecule has 4 heterocycles. The zero-order valence-corrected chi connectivity index (χ0v) is 25.1. The number of hydrogen-bond acceptors (Lipinski definition) is 11. The van der Waals surface area contributed by atoms with Gasteiger partial charge in [0, 0.05) is 63.5 Å². The van der Waals surface area contributed by atoms with Crippen LogP contribution < -0.4 is 0 Å². The number of aliphatic hydroxyl groups is 1. The highest BCUT2D eigenvalue weighted by Gasteiger charge is 2.63. The van der Waals surface area contributed by atoms with Gasteiger partial charge in [-0.1, -0.05) is 25.1 Å². The number of ether oxygens (including phenoxy) is 3. The number of nitrogens with zero attached hydrogens (tertiary/aromatic N) is 4. The number of carbonyl (C=O) groups excluding carboxylic acids is 2. The molecule has 0 aliphatic carbocycles. The van der Waals surface area contributed by atoms with E-state index in [1.54, 1.807) is 42.9 Å². The van der Waals surface area contributed by atoms with Crippen molar-refractivity contribution in [3.8, 4) is 0 Å². The molecular weight excluding hydrogens is 544 g/mol. The quantitative estimate of drug-likeness (QED) is 0.358. The van der Waals surface area contributed by atoms with Crippen LogP contribution in [0.2, 0.25) is 0 Å². The Bertz CT molecular complexity index is 993. The number of pyridine rings is 2. The molecule has 2 aliphatic heterocycles. The number of aromatic nitrogens is 2. The van der Waals surface area contributed by atoms with Crippen molar-refractivity contribution in [3.05, 3.63) is 73.8 Å². The molecule has 2 saturated heterocycles. The minimum absolute atomic E-state index is 0.0216. The number of likely N-dealkylation sites (tertiary alicyclic amines) is 2. The molecule has 4 rings (SSSR count). The highest BCUT2D eigenvalue weighted by Crippen LogP contribution is 2.47. The van der Waals surface area contributed by atoms with Gasteiger partial charge in [-0.3, -0.25) is 29.3 Å². The van der Waals surface area contributed by atoms with Crippen LogP contribution in [0, 0.1) is 10.8 Å². The number of aliphatic carboxylic acids is 1. The Kier molecular flexibility index (Phi) is 16.1. The molecule has 4 atom stereocenters. The van der Waals surface area contributed by atoms with Crippen LogP contribution in [0.15, 0.2) is 73.8 Å². The summed E-state index contributed by atoms with van der Waals surface area (Å²) in [6.45, 7) is 6.96. The molecule has 0 aromatic carbocycles. The molecule has 0 amide bonds. The second-order valence-corrected chi connectivity index (χ2v) is 10.2. The number of carbonyl (C=O) groups is 3. The number of rotatable bonds is 7. The maximum Gasteiger partial charge on any atom is 0.323 e. The lowest BCUT2D eigenvalue weighted by Crippen LogP contribution is -2.74. The van der Waals surface area contributed by atoms with Crippen molar-refractivity contribution >= 4 is 17.9 Å². The smallest absolute Gasteiger partial charge is 0.323 e. The first-order chi connectivity index (χ1) is 20.0. The topological polar surface area (TPSA) is 152 Å². The molecule has 4 unspecified atom stereocenters. The van der Waals surface area contributed by atoms with Crippen LogP contribution in [-0.2, 0) is 28.6 Å². The summed E-state index contributed by atoms with van der Waals surface area (Å²) in [5.74, 6) is -2.38. The van der Waals surface area contributed by atoms with Gasteiger partial charge in [0.15, 0.2) is 0 Å². The van der Waals surface area contributed by atoms with Crippen molar-refractivity contribution < 1.29 is 38.8 Å². The molecule has 12 heteroatoms. The van der Waals surface area contributed by atoms with E-state index in [1.165, 1.54) is 14.2 Å². The molecule has 2 bridgehead atoms. The van der Waals surface area contributed by atoms with Crippen molar-refractivity contribution in [2.45, 2.75) is 25.5 Å². The third-order valence-corrected chi connectivity index (χ3v) is 6.71. The molecule has 2 aromatic rings. The second-order valence-electron chi connectivity index (χ2n) is 10.2. The van der Waals surface area contributed by atoms with Gasteiger partial charge in [0.1, 0.15) is 11.5 Å². The molecule has 2 aromatic heterocycles. The maximum atomic E-state index is 12.6. The van der Waals surface area contributed by atoms with Crippen LogP contribution >= 0.6 is 0 Å². The Balaban J connectivity index is 0.000000414. The molecule has 232 valence electrons. The molecule has 12 nitrogen and oxygen atoms in total. The Morgan fingerprint density at radius 1 is 0.952 bits per heavy atom. The first kappa shape index (κ1) is 36.3. The average Bonchev–Trinajstić information content (AvgIpc) is 2.99. The Labute approximate surface area is 247 Å². The summed E-state index contributed by atoms with van der Waals surface area (Å²) >= 11 is 0. The molecule has 0 spiro atoms. The number of carboxylic acid groups (broad SMARTS) is 1. The standard InChI is InChI=1S/C16H26N2O7.2C5H5N.C4H8O/c1-15-6-17(2)8-16(13(15)22,14(23)25-4)9-18(7-15)10(5-11(19)20)12(21)24-3;2*1-2-4-6-5-3-1;1-3-4-5-2/h10,13,22H,5-9H2,1-4H3,(H,19,20);2*1-5H;3H,1,4H2,2H3. The van der Waals surface area contributed by atoms with E-state index >= 15 is 0 Å². The van der Waals surface area contributed by atoms with E-state index in [-0.39, 0.29) is 19.6 Å². The largest absolute Gasteiger partial charge is 0.481 e. The minimum atomic E-state index is -1.25. The van der Waals surface area contributed by atoms with Gasteiger partial charge in [-0.25, -0.2) is 0 Å². The summed E-state index contributed by atoms with van der Waals surface area (Å²) in [6, 6.07) is 10.4. The molecule has 2 fully saturated rings. The van der Waals surface area contributed by atoms with E-state index in [0.29, 0.717) is 13.2 Å². The molecular formula is C30H44N4O8. The fourth-order valence-electron chi connectivity index (χ4n) is 5.22. The first-order valence-corrected chi connectivity index (χ1v) is 13.3. The average molecular weight is 589 g/mol. The third kappa shape index (κ3) is 10.9. The Morgan fingerprint density at radius 2 is 1.50 bits per heavy atom. The van der Waals surface area contributed by atoms with Gasteiger partial charge in [-0.2, -0.15) is 0 Å². The van der Waals surface area contributed by atoms with E-state index in [4.69, 9.17) is 14.6 Å². The van der Waals surface area contributed by atoms with Crippen LogP contribution in [0.4, 0.5) is 0 Å². The highest BCUT2D eigenvalue weighted by atomic mass is 16.5. The third-order valence-electron chi connectivity index (χ3n) is 6.71. The van der Waals surface area contributed by atoms with Gasteiger partial charge in [-0.15, -0.1) is 6.58 Å². The first-order valence-electron chi connectivity index (χ1n) is 13.3. The normalized spacial score (nSPS) is 23.5. The number of methoxy groups -OCH3 is 3. The van der Waals surface area contributed by atoms with E-state index < -0.39 is 47.3 Å². The Hall–Kier alpha value is -3.71. The summed E-state index contributed by atoms with van der Waals surface area (Å²) in [4.78, 5) is 47.1. The number of piperidine rings is 2. The zero-order valence-electron chi connectivity index (χ0n) is 25.1. The lowest BCUT2D eigenvalue weighted by molar-refractivity contribution is -0.209. The van der Waals surface area contributed by atoms with Crippen molar-refractivity contribution in [3.63, 3.8) is 0 Å². The summed E-state index contributed by atoms with van der Waals surface area (Å²) in [7, 11) is 5.94. The number of aliphatic hydroxyl groups excluding tert-OH is 1. The predicted octanol–water partition coefficient (Wildman–Crippen LogP) is 1.77. The fraction of sp³-hybridized carbons (Fsp3) is 0.500. The Morgan fingerprint density at radius 3 is 1.83 bits per heavy atom. The van der Waals surface area contributed by atoms with Gasteiger partial charge >= 0.3 is 17.9 Å². The summed E-state index contributed by atoms with van der Waals surface area (Å²) in [6.07, 6.45) is 7.31. The van der Waals surface area contributed by atoms with E-state index in [1.807, 2.05) is 55.3 Å². The summed E-state index contributed by atoms with van der Waals surface area (Å²) in [5.41, 5.74) is -1.97. The molecule has 42 heavy (non-hydrogen) atoms. The molecule has 0 radical (unpaired) electrons. The van der Waals surface area contributed by atoms with Crippen LogP contribution in [-0.4, -0.2) is 121 Å². The monoisotopic (exact) mass is 588 g/mol. The van der Waals surface area contributed by atoms with Gasteiger partial charge < -0.3 is 29.3 Å². The number of hydrogen-bond donors (Lipinski definition) is 2. The number of esters is 2. The zero-order chi connectivity index (χ0) is 31.6. The number of carboxylic acids is 1. The maximum absolute atomic E-state index is 12.6. The fourth-order valence-corrected chi connectivity index (χ4v) is 5.22. The molecule has 2 aliphatic rings. The summed E-state index contributed by atoms with van der Waals surface area (Å²) in [5, 5.41) is 20.1. The van der Waals surface area contributed by atoms with Crippen LogP contribution in [0.3, 0.4) is 0 Å².